The number of aryl methyl sites for hydroxylation is 1. The van der Waals surface area contributed by atoms with E-state index in [0.29, 0.717) is 22.9 Å². The highest BCUT2D eigenvalue weighted by Gasteiger charge is 2.26. The van der Waals surface area contributed by atoms with Gasteiger partial charge in [-0.3, -0.25) is 9.69 Å². The summed E-state index contributed by atoms with van der Waals surface area (Å²) in [6.45, 7) is 4.64. The van der Waals surface area contributed by atoms with Crippen molar-refractivity contribution in [2.75, 3.05) is 19.6 Å². The second-order valence-corrected chi connectivity index (χ2v) is 8.10. The highest BCUT2D eigenvalue weighted by Crippen LogP contribution is 2.30. The summed E-state index contributed by atoms with van der Waals surface area (Å²) in [6, 6.07) is 9.85. The Morgan fingerprint density at radius 2 is 2.15 bits per heavy atom. The van der Waals surface area contributed by atoms with Gasteiger partial charge in [0.2, 0.25) is 0 Å². The average molecular weight is 389 g/mol. The van der Waals surface area contributed by atoms with Crippen LogP contribution in [-0.2, 0) is 0 Å². The van der Waals surface area contributed by atoms with E-state index < -0.39 is 0 Å². The van der Waals surface area contributed by atoms with E-state index in [0.717, 1.165) is 24.0 Å². The van der Waals surface area contributed by atoms with Crippen molar-refractivity contribution in [2.24, 2.45) is 0 Å². The van der Waals surface area contributed by atoms with E-state index in [1.807, 2.05) is 13.0 Å². The monoisotopic (exact) mass is 388 g/mol. The number of fused-ring (bicyclic) bond motifs is 1. The zero-order valence-corrected chi connectivity index (χ0v) is 16.2. The first-order valence-corrected chi connectivity index (χ1v) is 10.1. The number of rotatable bonds is 5. The van der Waals surface area contributed by atoms with Gasteiger partial charge in [-0.15, -0.1) is 11.3 Å². The normalized spacial score (nSPS) is 16.2. The van der Waals surface area contributed by atoms with Gasteiger partial charge in [-0.05, 0) is 62.5 Å². The van der Waals surface area contributed by atoms with Gasteiger partial charge in [-0.1, -0.05) is 17.7 Å². The molecule has 2 aromatic heterocycles. The van der Waals surface area contributed by atoms with Crippen LogP contribution in [0, 0.1) is 6.92 Å². The number of hydrogen-bond donors (Lipinski definition) is 1. The predicted octanol–water partition coefficient (Wildman–Crippen LogP) is 5.02. The Bertz CT molecular complexity index is 913. The summed E-state index contributed by atoms with van der Waals surface area (Å²) in [7, 11) is 0. The van der Waals surface area contributed by atoms with Crippen molar-refractivity contribution < 1.29 is 9.21 Å². The summed E-state index contributed by atoms with van der Waals surface area (Å²) >= 11 is 7.81. The molecule has 0 radical (unpaired) electrons. The second kappa shape index (κ2) is 7.43. The van der Waals surface area contributed by atoms with Gasteiger partial charge in [-0.2, -0.15) is 0 Å². The minimum atomic E-state index is -0.171. The number of furan rings is 1. The lowest BCUT2D eigenvalue weighted by Crippen LogP contribution is -2.36. The number of amides is 1. The van der Waals surface area contributed by atoms with Gasteiger partial charge < -0.3 is 9.73 Å². The predicted molar refractivity (Wildman–Crippen MR) is 106 cm³/mol. The maximum atomic E-state index is 12.8. The van der Waals surface area contributed by atoms with Crippen molar-refractivity contribution in [3.63, 3.8) is 0 Å². The number of likely N-dealkylation sites (tertiary alicyclic amines) is 1. The van der Waals surface area contributed by atoms with Gasteiger partial charge in [-0.25, -0.2) is 0 Å². The fourth-order valence-corrected chi connectivity index (χ4v) is 4.66. The largest absolute Gasteiger partial charge is 0.451 e. The Labute approximate surface area is 161 Å². The van der Waals surface area contributed by atoms with Crippen LogP contribution in [0.2, 0.25) is 5.02 Å². The number of benzene rings is 1. The van der Waals surface area contributed by atoms with Crippen LogP contribution < -0.4 is 5.32 Å². The molecule has 1 atom stereocenters. The zero-order chi connectivity index (χ0) is 18.1. The molecule has 3 heterocycles. The molecule has 136 valence electrons. The summed E-state index contributed by atoms with van der Waals surface area (Å²) in [4.78, 5) is 16.5. The van der Waals surface area contributed by atoms with Crippen molar-refractivity contribution in [1.82, 2.24) is 10.2 Å². The standard InChI is InChI=1S/C20H21ClN2O2S/c1-13-15-11-14(21)6-7-17(15)25-19(13)20(24)22-12-16(18-5-4-10-26-18)23-8-2-3-9-23/h4-7,10-11,16H,2-3,8-9,12H2,1H3,(H,22,24)/t16-/m0/s1. The molecule has 4 rings (SSSR count). The molecule has 0 aliphatic carbocycles. The van der Waals surface area contributed by atoms with Gasteiger partial charge in [0.1, 0.15) is 5.58 Å². The second-order valence-electron chi connectivity index (χ2n) is 6.68. The summed E-state index contributed by atoms with van der Waals surface area (Å²) < 4.78 is 5.78. The molecule has 1 aliphatic heterocycles. The molecule has 3 aromatic rings. The van der Waals surface area contributed by atoms with Gasteiger partial charge in [0.05, 0.1) is 6.04 Å². The molecule has 1 aliphatic rings. The number of carbonyl (C=O) groups is 1. The topological polar surface area (TPSA) is 45.5 Å². The molecule has 0 unspecified atom stereocenters. The molecular weight excluding hydrogens is 368 g/mol. The fourth-order valence-electron chi connectivity index (χ4n) is 3.62. The Morgan fingerprint density at radius 3 is 2.88 bits per heavy atom. The Balaban J connectivity index is 1.53. The summed E-state index contributed by atoms with van der Waals surface area (Å²) in [5, 5.41) is 6.70. The molecule has 0 spiro atoms. The third kappa shape index (κ3) is 3.39. The van der Waals surface area contributed by atoms with Crippen molar-refractivity contribution in [1.29, 1.82) is 0 Å². The average Bonchev–Trinajstić information content (AvgIpc) is 3.38. The molecule has 26 heavy (non-hydrogen) atoms. The molecule has 1 fully saturated rings. The van der Waals surface area contributed by atoms with Crippen LogP contribution in [0.5, 0.6) is 0 Å². The maximum absolute atomic E-state index is 12.8. The van der Waals surface area contributed by atoms with Crippen LogP contribution in [0.25, 0.3) is 11.0 Å². The van der Waals surface area contributed by atoms with E-state index in [1.165, 1.54) is 17.7 Å². The number of nitrogens with one attached hydrogen (secondary N) is 1. The Kier molecular flexibility index (Phi) is 5.02. The van der Waals surface area contributed by atoms with Crippen molar-refractivity contribution in [3.05, 3.63) is 56.9 Å². The van der Waals surface area contributed by atoms with Gasteiger partial charge in [0.15, 0.2) is 5.76 Å². The Hall–Kier alpha value is -1.82. The lowest BCUT2D eigenvalue weighted by Gasteiger charge is -2.26. The molecule has 4 nitrogen and oxygen atoms in total. The quantitative estimate of drug-likeness (QED) is 0.667. The molecule has 1 aromatic carbocycles. The lowest BCUT2D eigenvalue weighted by atomic mass is 10.1. The number of thiophene rings is 1. The van der Waals surface area contributed by atoms with E-state index >= 15 is 0 Å². The van der Waals surface area contributed by atoms with Gasteiger partial charge in [0, 0.05) is 27.4 Å². The first-order chi connectivity index (χ1) is 12.6. The van der Waals surface area contributed by atoms with Crippen LogP contribution >= 0.6 is 22.9 Å². The number of carbonyl (C=O) groups excluding carboxylic acids is 1. The minimum Gasteiger partial charge on any atom is -0.451 e. The first kappa shape index (κ1) is 17.6. The molecule has 1 N–H and O–H groups in total. The van der Waals surface area contributed by atoms with Crippen molar-refractivity contribution in [2.45, 2.75) is 25.8 Å². The van der Waals surface area contributed by atoms with Crippen LogP contribution in [0.15, 0.2) is 40.1 Å². The third-order valence-corrected chi connectivity index (χ3v) is 6.22. The smallest absolute Gasteiger partial charge is 0.287 e. The van der Waals surface area contributed by atoms with Crippen molar-refractivity contribution >= 4 is 39.8 Å². The fraction of sp³-hybridized carbons (Fsp3) is 0.350. The van der Waals surface area contributed by atoms with Crippen LogP contribution in [0.3, 0.4) is 0 Å². The van der Waals surface area contributed by atoms with E-state index in [1.54, 1.807) is 23.5 Å². The third-order valence-electron chi connectivity index (χ3n) is 5.01. The first-order valence-electron chi connectivity index (χ1n) is 8.88. The van der Waals surface area contributed by atoms with E-state index in [4.69, 9.17) is 16.0 Å². The van der Waals surface area contributed by atoms with E-state index in [9.17, 15) is 4.79 Å². The molecule has 0 bridgehead atoms. The summed E-state index contributed by atoms with van der Waals surface area (Å²) in [5.74, 6) is 0.198. The number of halogens is 1. The van der Waals surface area contributed by atoms with Gasteiger partial charge >= 0.3 is 0 Å². The van der Waals surface area contributed by atoms with Crippen LogP contribution in [-0.4, -0.2) is 30.4 Å². The highest BCUT2D eigenvalue weighted by atomic mass is 35.5. The molecule has 1 saturated heterocycles. The van der Waals surface area contributed by atoms with Crippen LogP contribution in [0.1, 0.15) is 39.9 Å². The van der Waals surface area contributed by atoms with Crippen LogP contribution in [0.4, 0.5) is 0 Å². The highest BCUT2D eigenvalue weighted by molar-refractivity contribution is 7.10. The van der Waals surface area contributed by atoms with Gasteiger partial charge in [0.25, 0.3) is 5.91 Å². The van der Waals surface area contributed by atoms with Crippen molar-refractivity contribution in [3.8, 4) is 0 Å². The number of nitrogens with zero attached hydrogens (tertiary/aromatic N) is 1. The lowest BCUT2D eigenvalue weighted by molar-refractivity contribution is 0.0912. The molecule has 0 saturated carbocycles. The SMILES string of the molecule is Cc1c(C(=O)NC[C@@H](c2cccs2)N2CCCC2)oc2ccc(Cl)cc12. The Morgan fingerprint density at radius 1 is 1.35 bits per heavy atom. The summed E-state index contributed by atoms with van der Waals surface area (Å²) in [5.41, 5.74) is 1.51. The van der Waals surface area contributed by atoms with E-state index in [-0.39, 0.29) is 11.9 Å². The van der Waals surface area contributed by atoms with E-state index in [2.05, 4.69) is 27.7 Å². The molecular formula is C20H21ClN2O2S. The summed E-state index contributed by atoms with van der Waals surface area (Å²) in [6.07, 6.45) is 2.44. The molecule has 1 amide bonds. The zero-order valence-electron chi connectivity index (χ0n) is 14.6. The number of hydrogen-bond acceptors (Lipinski definition) is 4. The maximum Gasteiger partial charge on any atom is 0.287 e. The molecule has 6 heteroatoms. The minimum absolute atomic E-state index is 0.171.